The Labute approximate surface area is 107 Å². The Hall–Kier alpha value is -1.90. The highest BCUT2D eigenvalue weighted by molar-refractivity contribution is 6.35. The van der Waals surface area contributed by atoms with Crippen molar-refractivity contribution in [3.05, 3.63) is 41.5 Å². The largest absolute Gasteiger partial charge is 0.278 e. The van der Waals surface area contributed by atoms with Crippen LogP contribution in [0.2, 0.25) is 0 Å². The highest BCUT2D eigenvalue weighted by Crippen LogP contribution is 2.31. The Kier molecular flexibility index (Phi) is 3.60. The van der Waals surface area contributed by atoms with Crippen LogP contribution in [0, 0.1) is 0 Å². The van der Waals surface area contributed by atoms with E-state index in [9.17, 15) is 9.59 Å². The second-order valence-electron chi connectivity index (χ2n) is 4.49. The van der Waals surface area contributed by atoms with Gasteiger partial charge in [0, 0.05) is 12.6 Å². The van der Waals surface area contributed by atoms with Gasteiger partial charge >= 0.3 is 0 Å². The number of nitrogens with zero attached hydrogens (tertiary/aromatic N) is 1. The molecule has 0 aliphatic carbocycles. The number of likely N-dealkylation sites (N-methyl/N-ethyl adjacent to an activating group) is 1. The van der Waals surface area contributed by atoms with Crippen molar-refractivity contribution in [1.82, 2.24) is 4.90 Å². The molecule has 0 radical (unpaired) electrons. The third-order valence-electron chi connectivity index (χ3n) is 3.23. The maximum atomic E-state index is 12.1. The van der Waals surface area contributed by atoms with E-state index >= 15 is 0 Å². The van der Waals surface area contributed by atoms with Crippen LogP contribution in [0.4, 0.5) is 0 Å². The lowest BCUT2D eigenvalue weighted by atomic mass is 9.98. The van der Waals surface area contributed by atoms with Crippen LogP contribution >= 0.6 is 0 Å². The van der Waals surface area contributed by atoms with Gasteiger partial charge in [0.05, 0.1) is 5.57 Å². The molecule has 3 nitrogen and oxygen atoms in total. The number of rotatable bonds is 4. The summed E-state index contributed by atoms with van der Waals surface area (Å²) in [4.78, 5) is 25.4. The lowest BCUT2D eigenvalue weighted by molar-refractivity contribution is -0.135. The molecule has 0 saturated heterocycles. The number of carbonyl (C=O) groups excluding carboxylic acids is 2. The molecule has 1 aromatic carbocycles. The summed E-state index contributed by atoms with van der Waals surface area (Å²) in [5.74, 6) is -0.329. The van der Waals surface area contributed by atoms with Gasteiger partial charge in [-0.15, -0.1) is 0 Å². The SMILES string of the molecule is CCCCC1=C(c2ccccc2)C(=O)N(C)C1=O. The number of unbranched alkanes of at least 4 members (excludes halogenated alkanes) is 1. The minimum Gasteiger partial charge on any atom is -0.278 e. The van der Waals surface area contributed by atoms with Crippen LogP contribution in [0.3, 0.4) is 0 Å². The number of amides is 2. The summed E-state index contributed by atoms with van der Waals surface area (Å²) >= 11 is 0. The molecule has 0 bridgehead atoms. The topological polar surface area (TPSA) is 37.4 Å². The fourth-order valence-corrected chi connectivity index (χ4v) is 2.19. The number of hydrogen-bond acceptors (Lipinski definition) is 2. The fraction of sp³-hybridized carbons (Fsp3) is 0.333. The first-order valence-corrected chi connectivity index (χ1v) is 6.27. The lowest BCUT2D eigenvalue weighted by Gasteiger charge is -2.06. The van der Waals surface area contributed by atoms with E-state index in [0.717, 1.165) is 18.4 Å². The van der Waals surface area contributed by atoms with Crippen LogP contribution in [0.15, 0.2) is 35.9 Å². The van der Waals surface area contributed by atoms with Gasteiger partial charge in [-0.25, -0.2) is 0 Å². The summed E-state index contributed by atoms with van der Waals surface area (Å²) in [6.45, 7) is 2.08. The van der Waals surface area contributed by atoms with Gasteiger partial charge in [0.1, 0.15) is 0 Å². The van der Waals surface area contributed by atoms with Crippen LogP contribution in [-0.4, -0.2) is 23.8 Å². The summed E-state index contributed by atoms with van der Waals surface area (Å²) in [5.41, 5.74) is 2.08. The van der Waals surface area contributed by atoms with Crippen molar-refractivity contribution in [2.24, 2.45) is 0 Å². The molecular weight excluding hydrogens is 226 g/mol. The molecule has 18 heavy (non-hydrogen) atoms. The van der Waals surface area contributed by atoms with Crippen molar-refractivity contribution in [3.63, 3.8) is 0 Å². The predicted octanol–water partition coefficient (Wildman–Crippen LogP) is 2.63. The van der Waals surface area contributed by atoms with Crippen LogP contribution in [-0.2, 0) is 9.59 Å². The van der Waals surface area contributed by atoms with E-state index < -0.39 is 0 Å². The maximum absolute atomic E-state index is 12.1. The van der Waals surface area contributed by atoms with E-state index in [1.165, 1.54) is 4.90 Å². The molecule has 1 heterocycles. The molecule has 0 atom stereocenters. The molecular formula is C15H17NO2. The van der Waals surface area contributed by atoms with Crippen molar-refractivity contribution in [2.45, 2.75) is 26.2 Å². The van der Waals surface area contributed by atoms with Crippen molar-refractivity contribution in [1.29, 1.82) is 0 Å². The number of imide groups is 1. The Bertz CT molecular complexity index is 502. The number of benzene rings is 1. The Morgan fingerprint density at radius 2 is 1.72 bits per heavy atom. The van der Waals surface area contributed by atoms with Crippen LogP contribution in [0.25, 0.3) is 5.57 Å². The highest BCUT2D eigenvalue weighted by Gasteiger charge is 2.35. The normalized spacial score (nSPS) is 15.8. The van der Waals surface area contributed by atoms with Gasteiger partial charge < -0.3 is 0 Å². The van der Waals surface area contributed by atoms with Crippen molar-refractivity contribution >= 4 is 17.4 Å². The minimum absolute atomic E-state index is 0.146. The van der Waals surface area contributed by atoms with Crippen molar-refractivity contribution in [3.8, 4) is 0 Å². The Morgan fingerprint density at radius 1 is 1.06 bits per heavy atom. The van der Waals surface area contributed by atoms with Gasteiger partial charge in [0.15, 0.2) is 0 Å². The number of hydrogen-bond donors (Lipinski definition) is 0. The zero-order chi connectivity index (χ0) is 13.1. The average Bonchev–Trinajstić information content (AvgIpc) is 2.62. The Morgan fingerprint density at radius 3 is 2.33 bits per heavy atom. The predicted molar refractivity (Wildman–Crippen MR) is 70.7 cm³/mol. The van der Waals surface area contributed by atoms with Gasteiger partial charge in [0.2, 0.25) is 0 Å². The van der Waals surface area contributed by atoms with Gasteiger partial charge in [-0.05, 0) is 18.4 Å². The van der Waals surface area contributed by atoms with E-state index in [-0.39, 0.29) is 11.8 Å². The third-order valence-corrected chi connectivity index (χ3v) is 3.23. The maximum Gasteiger partial charge on any atom is 0.261 e. The molecule has 1 aliphatic rings. The van der Waals surface area contributed by atoms with E-state index in [4.69, 9.17) is 0 Å². The minimum atomic E-state index is -0.183. The summed E-state index contributed by atoms with van der Waals surface area (Å²) in [6.07, 6.45) is 2.62. The first-order valence-electron chi connectivity index (χ1n) is 6.27. The van der Waals surface area contributed by atoms with Crippen molar-refractivity contribution < 1.29 is 9.59 Å². The first kappa shape index (κ1) is 12.6. The fourth-order valence-electron chi connectivity index (χ4n) is 2.19. The van der Waals surface area contributed by atoms with Crippen molar-refractivity contribution in [2.75, 3.05) is 7.05 Å². The molecule has 0 fully saturated rings. The molecule has 0 N–H and O–H groups in total. The second-order valence-corrected chi connectivity index (χ2v) is 4.49. The third kappa shape index (κ3) is 2.08. The Balaban J connectivity index is 2.46. The molecule has 1 aliphatic heterocycles. The lowest BCUT2D eigenvalue weighted by Crippen LogP contribution is -2.26. The van der Waals surface area contributed by atoms with Gasteiger partial charge in [-0.1, -0.05) is 43.7 Å². The van der Waals surface area contributed by atoms with Gasteiger partial charge in [0.25, 0.3) is 11.8 Å². The summed E-state index contributed by atoms with van der Waals surface area (Å²) in [7, 11) is 1.55. The van der Waals surface area contributed by atoms with E-state index in [1.807, 2.05) is 30.3 Å². The molecule has 0 unspecified atom stereocenters. The smallest absolute Gasteiger partial charge is 0.261 e. The molecule has 0 saturated carbocycles. The first-order chi connectivity index (χ1) is 8.66. The van der Waals surface area contributed by atoms with Crippen LogP contribution in [0.5, 0.6) is 0 Å². The molecule has 2 rings (SSSR count). The zero-order valence-electron chi connectivity index (χ0n) is 10.8. The summed E-state index contributed by atoms with van der Waals surface area (Å²) < 4.78 is 0. The zero-order valence-corrected chi connectivity index (χ0v) is 10.8. The van der Waals surface area contributed by atoms with Gasteiger partial charge in [-0.2, -0.15) is 0 Å². The molecule has 2 amide bonds. The molecule has 3 heteroatoms. The van der Waals surface area contributed by atoms with Crippen LogP contribution < -0.4 is 0 Å². The molecule has 1 aromatic rings. The van der Waals surface area contributed by atoms with Crippen LogP contribution in [0.1, 0.15) is 31.7 Å². The average molecular weight is 243 g/mol. The molecule has 0 spiro atoms. The quantitative estimate of drug-likeness (QED) is 0.762. The van der Waals surface area contributed by atoms with E-state index in [0.29, 0.717) is 17.6 Å². The number of carbonyl (C=O) groups is 2. The second kappa shape index (κ2) is 5.17. The monoisotopic (exact) mass is 243 g/mol. The van der Waals surface area contributed by atoms with E-state index in [1.54, 1.807) is 7.05 Å². The summed E-state index contributed by atoms with van der Waals surface area (Å²) in [6, 6.07) is 9.43. The van der Waals surface area contributed by atoms with Gasteiger partial charge in [-0.3, -0.25) is 14.5 Å². The molecule has 94 valence electrons. The van der Waals surface area contributed by atoms with E-state index in [2.05, 4.69) is 6.92 Å². The summed E-state index contributed by atoms with van der Waals surface area (Å²) in [5, 5.41) is 0. The standard InChI is InChI=1S/C15H17NO2/c1-3-4-10-12-13(11-8-6-5-7-9-11)15(18)16(2)14(12)17/h5-9H,3-4,10H2,1-2H3. The molecule has 0 aromatic heterocycles. The highest BCUT2D eigenvalue weighted by atomic mass is 16.2.